The number of hydrogen-bond donors (Lipinski definition) is 3. The van der Waals surface area contributed by atoms with E-state index < -0.39 is 5.97 Å². The first-order valence-corrected chi connectivity index (χ1v) is 6.44. The molecule has 18 heavy (non-hydrogen) atoms. The summed E-state index contributed by atoms with van der Waals surface area (Å²) in [5.41, 5.74) is 6.07. The molecule has 0 aliphatic carbocycles. The van der Waals surface area contributed by atoms with Crippen molar-refractivity contribution in [2.24, 2.45) is 5.73 Å². The van der Waals surface area contributed by atoms with Gasteiger partial charge in [-0.05, 0) is 38.2 Å². The van der Waals surface area contributed by atoms with Crippen molar-refractivity contribution in [3.05, 3.63) is 11.3 Å². The summed E-state index contributed by atoms with van der Waals surface area (Å²) in [5, 5.41) is 11.9. The maximum absolute atomic E-state index is 11.6. The van der Waals surface area contributed by atoms with E-state index in [-0.39, 0.29) is 17.5 Å². The highest BCUT2D eigenvalue weighted by atomic mass is 32.1. The SMILES string of the molecule is Cc1nsc(NC(=O)CCCC(C)N)c1C(=O)O. The van der Waals surface area contributed by atoms with E-state index in [2.05, 4.69) is 9.69 Å². The summed E-state index contributed by atoms with van der Waals surface area (Å²) in [6, 6.07) is 0.0676. The number of aryl methyl sites for hydroxylation is 1. The Morgan fingerprint density at radius 3 is 2.78 bits per heavy atom. The molecule has 0 saturated carbocycles. The molecule has 6 nitrogen and oxygen atoms in total. The van der Waals surface area contributed by atoms with E-state index in [1.54, 1.807) is 6.92 Å². The van der Waals surface area contributed by atoms with Crippen molar-refractivity contribution in [1.82, 2.24) is 4.37 Å². The molecule has 1 aromatic heterocycles. The van der Waals surface area contributed by atoms with Crippen LogP contribution >= 0.6 is 11.5 Å². The molecule has 1 amide bonds. The molecule has 0 aromatic carbocycles. The normalized spacial score (nSPS) is 12.2. The van der Waals surface area contributed by atoms with E-state index in [0.29, 0.717) is 23.5 Å². The number of aromatic carboxylic acids is 1. The summed E-state index contributed by atoms with van der Waals surface area (Å²) in [5.74, 6) is -1.28. The lowest BCUT2D eigenvalue weighted by Crippen LogP contribution is -2.17. The van der Waals surface area contributed by atoms with Crippen molar-refractivity contribution in [2.75, 3.05) is 5.32 Å². The smallest absolute Gasteiger partial charge is 0.340 e. The number of amides is 1. The first-order chi connectivity index (χ1) is 8.41. The van der Waals surface area contributed by atoms with Crippen LogP contribution in [0.1, 0.15) is 42.2 Å². The second kappa shape index (κ2) is 6.46. The van der Waals surface area contributed by atoms with Gasteiger partial charge in [0.25, 0.3) is 0 Å². The molecular formula is C11H17N3O3S. The molecular weight excluding hydrogens is 254 g/mol. The van der Waals surface area contributed by atoms with Gasteiger partial charge >= 0.3 is 5.97 Å². The van der Waals surface area contributed by atoms with Gasteiger partial charge in [-0.25, -0.2) is 4.79 Å². The highest BCUT2D eigenvalue weighted by molar-refractivity contribution is 7.11. The second-order valence-electron chi connectivity index (χ2n) is 4.19. The minimum absolute atomic E-state index is 0.0676. The maximum atomic E-state index is 11.6. The van der Waals surface area contributed by atoms with Gasteiger partial charge in [-0.2, -0.15) is 4.37 Å². The average Bonchev–Trinajstić information content (AvgIpc) is 2.58. The fraction of sp³-hybridized carbons (Fsp3) is 0.545. The number of nitrogens with zero attached hydrogens (tertiary/aromatic N) is 1. The molecule has 0 aliphatic rings. The molecule has 0 aliphatic heterocycles. The molecule has 1 rings (SSSR count). The Labute approximate surface area is 109 Å². The number of nitrogens with one attached hydrogen (secondary N) is 1. The van der Waals surface area contributed by atoms with Gasteiger partial charge in [0.2, 0.25) is 5.91 Å². The third-order valence-electron chi connectivity index (χ3n) is 2.39. The molecule has 1 aromatic rings. The van der Waals surface area contributed by atoms with E-state index in [0.717, 1.165) is 18.0 Å². The summed E-state index contributed by atoms with van der Waals surface area (Å²) in [6.07, 6.45) is 1.78. The lowest BCUT2D eigenvalue weighted by Gasteiger charge is -2.05. The van der Waals surface area contributed by atoms with E-state index in [1.165, 1.54) is 0 Å². The van der Waals surface area contributed by atoms with Crippen molar-refractivity contribution in [3.63, 3.8) is 0 Å². The number of aromatic nitrogens is 1. The largest absolute Gasteiger partial charge is 0.478 e. The van der Waals surface area contributed by atoms with Gasteiger partial charge in [-0.3, -0.25) is 4.79 Å². The molecule has 1 heterocycles. The fourth-order valence-corrected chi connectivity index (χ4v) is 2.29. The van der Waals surface area contributed by atoms with Gasteiger partial charge in [0.15, 0.2) is 0 Å². The molecule has 0 bridgehead atoms. The molecule has 0 radical (unpaired) electrons. The van der Waals surface area contributed by atoms with Gasteiger partial charge in [-0.15, -0.1) is 0 Å². The van der Waals surface area contributed by atoms with E-state index in [4.69, 9.17) is 10.8 Å². The van der Waals surface area contributed by atoms with Crippen LogP contribution in [0.2, 0.25) is 0 Å². The highest BCUT2D eigenvalue weighted by Gasteiger charge is 2.18. The third kappa shape index (κ3) is 4.08. The summed E-state index contributed by atoms with van der Waals surface area (Å²) in [6.45, 7) is 3.48. The average molecular weight is 271 g/mol. The number of rotatable bonds is 6. The number of carboxylic acid groups (broad SMARTS) is 1. The summed E-state index contributed by atoms with van der Waals surface area (Å²) >= 11 is 0.985. The van der Waals surface area contributed by atoms with Gasteiger partial charge in [0, 0.05) is 12.5 Å². The van der Waals surface area contributed by atoms with Crippen LogP contribution in [0.3, 0.4) is 0 Å². The Hall–Kier alpha value is -1.47. The molecule has 0 saturated heterocycles. The Kier molecular flexibility index (Phi) is 5.24. The molecule has 4 N–H and O–H groups in total. The summed E-state index contributed by atoms with van der Waals surface area (Å²) < 4.78 is 3.93. The van der Waals surface area contributed by atoms with E-state index in [9.17, 15) is 9.59 Å². The number of anilines is 1. The Balaban J connectivity index is 2.57. The van der Waals surface area contributed by atoms with Gasteiger partial charge in [-0.1, -0.05) is 0 Å². The zero-order valence-electron chi connectivity index (χ0n) is 10.4. The number of carboxylic acids is 1. The molecule has 100 valence electrons. The van der Waals surface area contributed by atoms with Crippen LogP contribution in [-0.2, 0) is 4.79 Å². The summed E-state index contributed by atoms with van der Waals surface area (Å²) in [4.78, 5) is 22.6. The number of carbonyl (C=O) groups is 2. The lowest BCUT2D eigenvalue weighted by molar-refractivity contribution is -0.116. The zero-order chi connectivity index (χ0) is 13.7. The van der Waals surface area contributed by atoms with Gasteiger partial charge in [0.1, 0.15) is 10.6 Å². The predicted octanol–water partition coefficient (Wildman–Crippen LogP) is 1.61. The molecule has 1 atom stereocenters. The van der Waals surface area contributed by atoms with Crippen molar-refractivity contribution in [2.45, 2.75) is 39.2 Å². The minimum Gasteiger partial charge on any atom is -0.478 e. The first-order valence-electron chi connectivity index (χ1n) is 5.66. The van der Waals surface area contributed by atoms with E-state index >= 15 is 0 Å². The van der Waals surface area contributed by atoms with Crippen molar-refractivity contribution in [3.8, 4) is 0 Å². The molecule has 7 heteroatoms. The van der Waals surface area contributed by atoms with Crippen molar-refractivity contribution >= 4 is 28.4 Å². The van der Waals surface area contributed by atoms with Crippen LogP contribution in [0.5, 0.6) is 0 Å². The fourth-order valence-electron chi connectivity index (χ4n) is 1.48. The van der Waals surface area contributed by atoms with E-state index in [1.807, 2.05) is 6.92 Å². The Bertz CT molecular complexity index is 443. The van der Waals surface area contributed by atoms with Crippen LogP contribution < -0.4 is 11.1 Å². The summed E-state index contributed by atoms with van der Waals surface area (Å²) in [7, 11) is 0. The molecule has 1 unspecified atom stereocenters. The van der Waals surface area contributed by atoms with Crippen LogP contribution in [0, 0.1) is 6.92 Å². The van der Waals surface area contributed by atoms with Crippen LogP contribution in [-0.4, -0.2) is 27.4 Å². The quantitative estimate of drug-likeness (QED) is 0.729. The van der Waals surface area contributed by atoms with Crippen molar-refractivity contribution in [1.29, 1.82) is 0 Å². The highest BCUT2D eigenvalue weighted by Crippen LogP contribution is 2.24. The first kappa shape index (κ1) is 14.6. The van der Waals surface area contributed by atoms with Crippen LogP contribution in [0.25, 0.3) is 0 Å². The topological polar surface area (TPSA) is 105 Å². The van der Waals surface area contributed by atoms with Crippen LogP contribution in [0.15, 0.2) is 0 Å². The zero-order valence-corrected chi connectivity index (χ0v) is 11.2. The van der Waals surface area contributed by atoms with Crippen LogP contribution in [0.4, 0.5) is 5.00 Å². The standard InChI is InChI=1S/C11H17N3O3S/c1-6(12)4-3-5-8(15)13-10-9(11(16)17)7(2)14-18-10/h6H,3-5,12H2,1-2H3,(H,13,15)(H,16,17). The monoisotopic (exact) mass is 271 g/mol. The Morgan fingerprint density at radius 1 is 1.56 bits per heavy atom. The molecule has 0 fully saturated rings. The van der Waals surface area contributed by atoms with Crippen molar-refractivity contribution < 1.29 is 14.7 Å². The number of hydrogen-bond acceptors (Lipinski definition) is 5. The number of carbonyl (C=O) groups excluding carboxylic acids is 1. The maximum Gasteiger partial charge on any atom is 0.340 e. The number of nitrogens with two attached hydrogens (primary N) is 1. The second-order valence-corrected chi connectivity index (χ2v) is 4.97. The predicted molar refractivity (Wildman–Crippen MR) is 69.9 cm³/mol. The minimum atomic E-state index is -1.08. The van der Waals surface area contributed by atoms with Gasteiger partial charge in [0.05, 0.1) is 5.69 Å². The van der Waals surface area contributed by atoms with Gasteiger partial charge < -0.3 is 16.2 Å². The lowest BCUT2D eigenvalue weighted by atomic mass is 10.1. The molecule has 0 spiro atoms. The third-order valence-corrected chi connectivity index (χ3v) is 3.25. The Morgan fingerprint density at radius 2 is 2.22 bits per heavy atom.